The second-order valence-electron chi connectivity index (χ2n) is 4.27. The van der Waals surface area contributed by atoms with Gasteiger partial charge in [-0.05, 0) is 0 Å². The number of rotatable bonds is 4. The molecule has 2 radical (unpaired) electrons. The van der Waals surface area contributed by atoms with Crippen LogP contribution in [0.1, 0.15) is 12.5 Å². The van der Waals surface area contributed by atoms with Gasteiger partial charge in [0.2, 0.25) is 0 Å². The number of benzene rings is 2. The van der Waals surface area contributed by atoms with Crippen molar-refractivity contribution in [2.45, 2.75) is 13.8 Å². The molecule has 0 saturated carbocycles. The summed E-state index contributed by atoms with van der Waals surface area (Å²) in [5.74, 6) is 0.502. The van der Waals surface area contributed by atoms with Crippen LogP contribution < -0.4 is 2.69 Å². The van der Waals surface area contributed by atoms with E-state index in [0.717, 1.165) is 22.4 Å². The molecule has 0 spiro atoms. The number of halogens is 1. The van der Waals surface area contributed by atoms with E-state index >= 15 is 0 Å². The number of aryl methyl sites for hydroxylation is 1. The molecule has 2 aromatic carbocycles. The monoisotopic (exact) mass is 484 g/mol. The van der Waals surface area contributed by atoms with Gasteiger partial charge in [0.1, 0.15) is 0 Å². The second kappa shape index (κ2) is 7.08. The summed E-state index contributed by atoms with van der Waals surface area (Å²) in [6, 6.07) is 13.6. The first-order valence-corrected chi connectivity index (χ1v) is 9.57. The minimum absolute atomic E-state index is 0.278. The molecule has 0 heterocycles. The van der Waals surface area contributed by atoms with Crippen LogP contribution in [0.15, 0.2) is 42.5 Å². The number of hydrogen-bond donors (Lipinski definition) is 0. The van der Waals surface area contributed by atoms with Crippen molar-refractivity contribution < 1.29 is 10.2 Å². The molecular weight excluding hydrogens is 471 g/mol. The van der Waals surface area contributed by atoms with Gasteiger partial charge in [-0.2, -0.15) is 0 Å². The van der Waals surface area contributed by atoms with Gasteiger partial charge in [-0.1, -0.05) is 0 Å². The van der Waals surface area contributed by atoms with E-state index in [4.69, 9.17) is 17.0 Å². The third-order valence-corrected chi connectivity index (χ3v) is 5.58. The van der Waals surface area contributed by atoms with E-state index < -0.39 is 25.1 Å². The van der Waals surface area contributed by atoms with Gasteiger partial charge < -0.3 is 0 Å². The molecule has 0 fully saturated rings. The first kappa shape index (κ1) is 15.3. The summed E-state index contributed by atoms with van der Waals surface area (Å²) in [4.78, 5) is 10.8. The van der Waals surface area contributed by atoms with Gasteiger partial charge in [0.25, 0.3) is 0 Å². The third kappa shape index (κ3) is 4.21. The summed E-state index contributed by atoms with van der Waals surface area (Å²) in [5, 5.41) is 0.711. The van der Waals surface area contributed by atoms with Crippen molar-refractivity contribution >= 4 is 42.7 Å². The van der Waals surface area contributed by atoms with Crippen molar-refractivity contribution in [1.82, 2.24) is 0 Å². The van der Waals surface area contributed by atoms with Crippen molar-refractivity contribution in [3.63, 3.8) is 0 Å². The molecule has 0 saturated heterocycles. The fourth-order valence-corrected chi connectivity index (χ4v) is 3.60. The minimum atomic E-state index is -1.83. The Balaban J connectivity index is 2.19. The predicted molar refractivity (Wildman–Crippen MR) is 79.8 cm³/mol. The summed E-state index contributed by atoms with van der Waals surface area (Å²) in [7, 11) is 0. The summed E-state index contributed by atoms with van der Waals surface area (Å²) in [6.07, 6.45) is 0. The zero-order valence-electron chi connectivity index (χ0n) is 11.1. The van der Waals surface area contributed by atoms with Gasteiger partial charge in [-0.3, -0.25) is 0 Å². The van der Waals surface area contributed by atoms with Crippen molar-refractivity contribution in [2.24, 2.45) is 0 Å². The molecule has 2 rings (SSSR count). The number of carbonyl (C=O) groups is 1. The van der Waals surface area contributed by atoms with Crippen LogP contribution in [0.25, 0.3) is 11.1 Å². The molecule has 5 heteroatoms. The summed E-state index contributed by atoms with van der Waals surface area (Å²) in [5.41, 5.74) is 3.15. The summed E-state index contributed by atoms with van der Waals surface area (Å²) >= 11 is 4.06. The molecule has 2 aromatic rings. The van der Waals surface area contributed by atoms with Crippen LogP contribution in [-0.4, -0.2) is 31.1 Å². The van der Waals surface area contributed by atoms with Crippen molar-refractivity contribution in [2.75, 3.05) is 0 Å². The Labute approximate surface area is 136 Å². The van der Waals surface area contributed by atoms with Crippen molar-refractivity contribution in [1.29, 1.82) is 0 Å². The Kier molecular flexibility index (Phi) is 5.42. The summed E-state index contributed by atoms with van der Waals surface area (Å²) < 4.78 is 10.6. The average molecular weight is 484 g/mol. The SMILES string of the molecule is CC(=O)[O][Pb][O]c1cc(-c2ccc(Cl)cc2)ccc1C. The van der Waals surface area contributed by atoms with Crippen LogP contribution in [0.4, 0.5) is 0 Å². The number of carbonyl (C=O) groups excluding carboxylic acids is 1. The van der Waals surface area contributed by atoms with Gasteiger partial charge in [0.05, 0.1) is 0 Å². The molecule has 0 amide bonds. The van der Waals surface area contributed by atoms with E-state index in [0.29, 0.717) is 5.02 Å². The third-order valence-electron chi connectivity index (χ3n) is 2.70. The quantitative estimate of drug-likeness (QED) is 0.621. The maximum absolute atomic E-state index is 10.8. The van der Waals surface area contributed by atoms with E-state index in [1.54, 1.807) is 0 Å². The molecule has 0 aromatic heterocycles. The van der Waals surface area contributed by atoms with Gasteiger partial charge in [-0.15, -0.1) is 0 Å². The Bertz CT molecular complexity index is 611. The van der Waals surface area contributed by atoms with E-state index in [9.17, 15) is 4.79 Å². The molecule has 0 bridgehead atoms. The Morgan fingerprint density at radius 3 is 2.40 bits per heavy atom. The van der Waals surface area contributed by atoms with E-state index in [1.165, 1.54) is 6.92 Å². The molecule has 0 N–H and O–H groups in total. The van der Waals surface area contributed by atoms with Crippen LogP contribution in [0.2, 0.25) is 5.02 Å². The second-order valence-corrected chi connectivity index (χ2v) is 6.94. The van der Waals surface area contributed by atoms with Crippen molar-refractivity contribution in [3.05, 3.63) is 53.1 Å². The van der Waals surface area contributed by atoms with E-state index in [1.807, 2.05) is 49.4 Å². The maximum atomic E-state index is 10.8. The topological polar surface area (TPSA) is 35.5 Å². The number of hydrogen-bond acceptors (Lipinski definition) is 3. The molecule has 0 aliphatic heterocycles. The molecule has 0 unspecified atom stereocenters. The fraction of sp³-hybridized carbons (Fsp3) is 0.133. The summed E-state index contributed by atoms with van der Waals surface area (Å²) in [6.45, 7) is 3.37. The van der Waals surface area contributed by atoms with Gasteiger partial charge in [0.15, 0.2) is 0 Å². The molecule has 0 aliphatic carbocycles. The Morgan fingerprint density at radius 2 is 1.75 bits per heavy atom. The van der Waals surface area contributed by atoms with Crippen LogP contribution >= 0.6 is 11.6 Å². The van der Waals surface area contributed by atoms with E-state index in [2.05, 4.69) is 0 Å². The predicted octanol–water partition coefficient (Wildman–Crippen LogP) is 3.79. The standard InChI is InChI=1S/C13H11ClO.C2H4O2.Pb/c1-9-2-3-11(8-13(9)15)10-4-6-12(14)7-5-10;1-2(3)4;/h2-8,15H,1H3;1H3,(H,3,4);/q;;+2/p-2. The van der Waals surface area contributed by atoms with Crippen LogP contribution in [-0.2, 0) is 7.48 Å². The van der Waals surface area contributed by atoms with Gasteiger partial charge in [-0.25, -0.2) is 0 Å². The molecule has 0 atom stereocenters. The van der Waals surface area contributed by atoms with Crippen LogP contribution in [0, 0.1) is 6.92 Å². The average Bonchev–Trinajstić information content (AvgIpc) is 2.41. The van der Waals surface area contributed by atoms with Gasteiger partial charge in [0, 0.05) is 0 Å². The van der Waals surface area contributed by atoms with Crippen LogP contribution in [0.3, 0.4) is 0 Å². The molecular formula is C15H13ClO3Pb. The Morgan fingerprint density at radius 1 is 1.10 bits per heavy atom. The zero-order chi connectivity index (χ0) is 14.5. The normalized spacial score (nSPS) is 10.2. The molecule has 20 heavy (non-hydrogen) atoms. The molecule has 3 nitrogen and oxygen atoms in total. The molecule has 0 aliphatic rings. The fourth-order valence-electron chi connectivity index (χ4n) is 1.66. The van der Waals surface area contributed by atoms with Crippen LogP contribution in [0.5, 0.6) is 5.75 Å². The van der Waals surface area contributed by atoms with Crippen molar-refractivity contribution in [3.8, 4) is 16.9 Å². The van der Waals surface area contributed by atoms with Gasteiger partial charge >= 0.3 is 137 Å². The first-order chi connectivity index (χ1) is 9.56. The molecule has 102 valence electrons. The Hall–Kier alpha value is -1.08. The first-order valence-electron chi connectivity index (χ1n) is 6.02. The van der Waals surface area contributed by atoms with E-state index in [-0.39, 0.29) is 5.97 Å². The zero-order valence-corrected chi connectivity index (χ0v) is 15.8.